The normalized spacial score (nSPS) is 16.3. The van der Waals surface area contributed by atoms with Gasteiger partial charge in [0.05, 0.1) is 5.69 Å². The van der Waals surface area contributed by atoms with Crippen LogP contribution in [-0.4, -0.2) is 11.8 Å². The van der Waals surface area contributed by atoms with E-state index in [1.165, 1.54) is 5.01 Å². The molecule has 2 amide bonds. The Hall–Kier alpha value is -1.67. The van der Waals surface area contributed by atoms with Crippen molar-refractivity contribution >= 4 is 62.1 Å². The fraction of sp³-hybridized carbons (Fsp3) is 0. The van der Waals surface area contributed by atoms with E-state index in [1.807, 2.05) is 36.4 Å². The van der Waals surface area contributed by atoms with Crippen molar-refractivity contribution in [1.82, 2.24) is 5.43 Å². The summed E-state index contributed by atoms with van der Waals surface area (Å²) in [6.07, 6.45) is 1.62. The molecule has 0 radical (unpaired) electrons. The van der Waals surface area contributed by atoms with Crippen molar-refractivity contribution in [3.05, 3.63) is 67.7 Å². The van der Waals surface area contributed by atoms with E-state index in [4.69, 9.17) is 0 Å². The van der Waals surface area contributed by atoms with E-state index in [9.17, 15) is 9.59 Å². The number of carbonyl (C=O) groups is 2. The van der Waals surface area contributed by atoms with Crippen LogP contribution < -0.4 is 10.4 Å². The van der Waals surface area contributed by atoms with Gasteiger partial charge in [0.15, 0.2) is 0 Å². The molecule has 0 spiro atoms. The van der Waals surface area contributed by atoms with Gasteiger partial charge in [-0.05, 0) is 64.6 Å². The first-order valence-electron chi connectivity index (χ1n) is 6.43. The molecule has 110 valence electrons. The van der Waals surface area contributed by atoms with Crippen molar-refractivity contribution in [2.45, 2.75) is 0 Å². The third-order valence-corrected chi connectivity index (χ3v) is 4.69. The maximum Gasteiger partial charge on any atom is 0.282 e. The topological polar surface area (TPSA) is 49.4 Å². The average Bonchev–Trinajstić information content (AvgIpc) is 2.78. The fourth-order valence-corrected chi connectivity index (χ4v) is 2.88. The summed E-state index contributed by atoms with van der Waals surface area (Å²) in [4.78, 5) is 24.6. The number of hydrazine groups is 1. The molecule has 1 heterocycles. The van der Waals surface area contributed by atoms with Crippen molar-refractivity contribution in [3.8, 4) is 0 Å². The molecule has 1 aliphatic heterocycles. The van der Waals surface area contributed by atoms with Crippen LogP contribution in [0.25, 0.3) is 6.08 Å². The third-order valence-electron chi connectivity index (χ3n) is 3.18. The molecule has 6 heteroatoms. The summed E-state index contributed by atoms with van der Waals surface area (Å²) in [6, 6.07) is 14.7. The number of nitrogens with one attached hydrogen (secondary N) is 1. The highest BCUT2D eigenvalue weighted by molar-refractivity contribution is 14.1. The van der Waals surface area contributed by atoms with E-state index >= 15 is 0 Å². The Kier molecular flexibility index (Phi) is 4.30. The van der Waals surface area contributed by atoms with E-state index in [0.29, 0.717) is 5.69 Å². The standard InChI is InChI=1S/C16H10BrIN2O2/c17-11-5-7-12(8-6-11)20-16(22)13(15(21)19-20)9-10-3-1-2-4-14(10)18/h1-9H,(H,19,21)/b13-9-. The van der Waals surface area contributed by atoms with E-state index in [-0.39, 0.29) is 11.5 Å². The first kappa shape index (κ1) is 15.2. The monoisotopic (exact) mass is 468 g/mol. The fourth-order valence-electron chi connectivity index (χ4n) is 2.08. The van der Waals surface area contributed by atoms with Crippen LogP contribution in [0.1, 0.15) is 5.56 Å². The Bertz CT molecular complexity index is 787. The molecule has 2 aromatic carbocycles. The Balaban J connectivity index is 1.95. The summed E-state index contributed by atoms with van der Waals surface area (Å²) in [6.45, 7) is 0. The molecule has 0 aromatic heterocycles. The summed E-state index contributed by atoms with van der Waals surface area (Å²) in [7, 11) is 0. The molecule has 3 rings (SSSR count). The van der Waals surface area contributed by atoms with Crippen molar-refractivity contribution in [1.29, 1.82) is 0 Å². The molecular weight excluding hydrogens is 459 g/mol. The van der Waals surface area contributed by atoms with Crippen LogP contribution in [0.2, 0.25) is 0 Å². The summed E-state index contributed by atoms with van der Waals surface area (Å²) in [5, 5.41) is 1.26. The van der Waals surface area contributed by atoms with Crippen LogP contribution in [0.15, 0.2) is 58.6 Å². The van der Waals surface area contributed by atoms with E-state index in [1.54, 1.807) is 18.2 Å². The second kappa shape index (κ2) is 6.21. The molecule has 0 unspecified atom stereocenters. The van der Waals surface area contributed by atoms with Crippen LogP contribution in [-0.2, 0) is 9.59 Å². The van der Waals surface area contributed by atoms with E-state index in [2.05, 4.69) is 43.9 Å². The van der Waals surface area contributed by atoms with Crippen molar-refractivity contribution in [2.24, 2.45) is 0 Å². The summed E-state index contributed by atoms with van der Waals surface area (Å²) >= 11 is 5.52. The molecule has 1 fully saturated rings. The zero-order valence-electron chi connectivity index (χ0n) is 11.2. The SMILES string of the molecule is O=C1NN(c2ccc(Br)cc2)C(=O)/C1=C\c1ccccc1I. The quantitative estimate of drug-likeness (QED) is 0.416. The molecular formula is C16H10BrIN2O2. The Labute approximate surface area is 149 Å². The Morgan fingerprint density at radius 1 is 1.05 bits per heavy atom. The van der Waals surface area contributed by atoms with Gasteiger partial charge in [-0.25, -0.2) is 5.01 Å². The number of rotatable bonds is 2. The average molecular weight is 469 g/mol. The smallest absolute Gasteiger partial charge is 0.267 e. The van der Waals surface area contributed by atoms with Gasteiger partial charge in [-0.1, -0.05) is 34.1 Å². The summed E-state index contributed by atoms with van der Waals surface area (Å²) in [5.74, 6) is -0.750. The number of halogens is 2. The van der Waals surface area contributed by atoms with E-state index < -0.39 is 5.91 Å². The number of hydrogen-bond acceptors (Lipinski definition) is 2. The largest absolute Gasteiger partial charge is 0.282 e. The molecule has 0 saturated carbocycles. The lowest BCUT2D eigenvalue weighted by atomic mass is 10.1. The minimum atomic E-state index is -0.396. The Morgan fingerprint density at radius 3 is 2.41 bits per heavy atom. The van der Waals surface area contributed by atoms with Gasteiger partial charge in [-0.2, -0.15) is 0 Å². The number of hydrogen-bond donors (Lipinski definition) is 1. The molecule has 2 aromatic rings. The maximum atomic E-state index is 12.5. The van der Waals surface area contributed by atoms with Gasteiger partial charge in [0.25, 0.3) is 11.8 Å². The van der Waals surface area contributed by atoms with Crippen LogP contribution >= 0.6 is 38.5 Å². The van der Waals surface area contributed by atoms with Gasteiger partial charge in [-0.3, -0.25) is 15.0 Å². The van der Waals surface area contributed by atoms with Gasteiger partial charge in [0.1, 0.15) is 5.57 Å². The zero-order chi connectivity index (χ0) is 15.7. The predicted molar refractivity (Wildman–Crippen MR) is 96.9 cm³/mol. The zero-order valence-corrected chi connectivity index (χ0v) is 15.0. The van der Waals surface area contributed by atoms with Crippen LogP contribution in [0.4, 0.5) is 5.69 Å². The van der Waals surface area contributed by atoms with Gasteiger partial charge >= 0.3 is 0 Å². The van der Waals surface area contributed by atoms with E-state index in [0.717, 1.165) is 13.6 Å². The number of anilines is 1. The molecule has 0 aliphatic carbocycles. The molecule has 22 heavy (non-hydrogen) atoms. The second-order valence-electron chi connectivity index (χ2n) is 4.64. The highest BCUT2D eigenvalue weighted by atomic mass is 127. The van der Waals surface area contributed by atoms with Gasteiger partial charge in [0.2, 0.25) is 0 Å². The predicted octanol–water partition coefficient (Wildman–Crippen LogP) is 3.52. The maximum absolute atomic E-state index is 12.5. The van der Waals surface area contributed by atoms with Crippen molar-refractivity contribution in [2.75, 3.05) is 5.01 Å². The molecule has 1 N–H and O–H groups in total. The lowest BCUT2D eigenvalue weighted by Crippen LogP contribution is -2.35. The second-order valence-corrected chi connectivity index (χ2v) is 6.72. The summed E-state index contributed by atoms with van der Waals surface area (Å²) in [5.41, 5.74) is 4.18. The highest BCUT2D eigenvalue weighted by Gasteiger charge is 2.34. The minimum Gasteiger partial charge on any atom is -0.267 e. The lowest BCUT2D eigenvalue weighted by molar-refractivity contribution is -0.117. The first-order chi connectivity index (χ1) is 10.6. The van der Waals surface area contributed by atoms with Crippen LogP contribution in [0.5, 0.6) is 0 Å². The number of amides is 2. The molecule has 1 aliphatic rings. The van der Waals surface area contributed by atoms with Crippen LogP contribution in [0, 0.1) is 3.57 Å². The van der Waals surface area contributed by atoms with Gasteiger partial charge in [0, 0.05) is 8.04 Å². The molecule has 0 atom stereocenters. The highest BCUT2D eigenvalue weighted by Crippen LogP contribution is 2.24. The van der Waals surface area contributed by atoms with Gasteiger partial charge in [-0.15, -0.1) is 0 Å². The first-order valence-corrected chi connectivity index (χ1v) is 8.30. The number of nitrogens with zero attached hydrogens (tertiary/aromatic N) is 1. The van der Waals surface area contributed by atoms with Crippen molar-refractivity contribution in [3.63, 3.8) is 0 Å². The minimum absolute atomic E-state index is 0.132. The Morgan fingerprint density at radius 2 is 1.73 bits per heavy atom. The number of carbonyl (C=O) groups excluding carboxylic acids is 2. The van der Waals surface area contributed by atoms with Crippen molar-refractivity contribution < 1.29 is 9.59 Å². The molecule has 4 nitrogen and oxygen atoms in total. The third kappa shape index (κ3) is 2.93. The molecule has 0 bridgehead atoms. The van der Waals surface area contributed by atoms with Crippen LogP contribution in [0.3, 0.4) is 0 Å². The lowest BCUT2D eigenvalue weighted by Gasteiger charge is -2.14. The molecule has 1 saturated heterocycles. The summed E-state index contributed by atoms with van der Waals surface area (Å²) < 4.78 is 1.89. The van der Waals surface area contributed by atoms with Gasteiger partial charge < -0.3 is 0 Å². The number of benzene rings is 2.